The third-order valence-electron chi connectivity index (χ3n) is 5.24. The highest BCUT2D eigenvalue weighted by atomic mass is 35.5. The molecule has 27 heavy (non-hydrogen) atoms. The first kappa shape index (κ1) is 25.9. The molecule has 0 aliphatic rings. The van der Waals surface area contributed by atoms with Crippen LogP contribution >= 0.6 is 0 Å². The molecule has 0 radical (unpaired) electrons. The van der Waals surface area contributed by atoms with Crippen molar-refractivity contribution in [3.05, 3.63) is 35.9 Å². The van der Waals surface area contributed by atoms with Gasteiger partial charge in [0.05, 0.1) is 14.1 Å². The van der Waals surface area contributed by atoms with Crippen LogP contribution in [0.15, 0.2) is 30.3 Å². The maximum absolute atomic E-state index is 11.6. The zero-order chi connectivity index (χ0) is 19.3. The summed E-state index contributed by atoms with van der Waals surface area (Å²) in [5.74, 6) is 0.0269. The number of carbonyl (C=O) groups is 1. The van der Waals surface area contributed by atoms with Gasteiger partial charge in [0.1, 0.15) is 6.04 Å². The Labute approximate surface area is 173 Å². The molecule has 0 fully saturated rings. The third-order valence-corrected chi connectivity index (χ3v) is 5.24. The van der Waals surface area contributed by atoms with Gasteiger partial charge in [-0.1, -0.05) is 95.0 Å². The van der Waals surface area contributed by atoms with Gasteiger partial charge in [-0.3, -0.25) is 4.79 Å². The Kier molecular flexibility index (Phi) is 14.3. The van der Waals surface area contributed by atoms with Gasteiger partial charge in [0.25, 0.3) is 5.91 Å². The largest absolute Gasteiger partial charge is 1.00 e. The van der Waals surface area contributed by atoms with Gasteiger partial charge in [0.15, 0.2) is 0 Å². The number of unbranched alkanes of at least 4 members (excludes halogenated alkanes) is 9. The molecule has 0 spiro atoms. The molecule has 156 valence electrons. The van der Waals surface area contributed by atoms with Crippen molar-refractivity contribution in [3.8, 4) is 0 Å². The lowest BCUT2D eigenvalue weighted by atomic mass is 9.98. The van der Waals surface area contributed by atoms with Gasteiger partial charge in [-0.15, -0.1) is 0 Å². The Balaban J connectivity index is 0.00000676. The molecule has 0 heterocycles. The lowest BCUT2D eigenvalue weighted by Gasteiger charge is -2.37. The van der Waals surface area contributed by atoms with E-state index in [1.807, 2.05) is 0 Å². The molecule has 1 N–H and O–H groups in total. The highest BCUT2D eigenvalue weighted by molar-refractivity contribution is 5.71. The summed E-state index contributed by atoms with van der Waals surface area (Å²) in [4.78, 5) is 11.6. The summed E-state index contributed by atoms with van der Waals surface area (Å²) in [6, 6.07) is 10.9. The van der Waals surface area contributed by atoms with Crippen LogP contribution in [-0.4, -0.2) is 24.6 Å². The number of carbonyl (C=O) groups excluding carboxylic acids is 1. The SMILES string of the molecule is CCCCCCCCCCCCC(c1ccccc1)[N+](C)(C)NC(C)=O.[Cl-]. The number of hydrogen-bond acceptors (Lipinski definition) is 1. The minimum atomic E-state index is 0. The molecule has 1 aromatic rings. The molecule has 1 rings (SSSR count). The first-order chi connectivity index (χ1) is 12.5. The van der Waals surface area contributed by atoms with Crippen LogP contribution in [0.1, 0.15) is 96.1 Å². The second-order valence-corrected chi connectivity index (χ2v) is 8.11. The average Bonchev–Trinajstić information content (AvgIpc) is 2.59. The summed E-state index contributed by atoms with van der Waals surface area (Å²) in [5, 5.41) is 0. The highest BCUT2D eigenvalue weighted by Crippen LogP contribution is 2.29. The van der Waals surface area contributed by atoms with Crippen molar-refractivity contribution in [2.24, 2.45) is 0 Å². The van der Waals surface area contributed by atoms with E-state index in [0.717, 1.165) is 6.42 Å². The third kappa shape index (κ3) is 11.4. The van der Waals surface area contributed by atoms with Crippen LogP contribution < -0.4 is 17.8 Å². The second-order valence-electron chi connectivity index (χ2n) is 8.11. The summed E-state index contributed by atoms with van der Waals surface area (Å²) in [5.41, 5.74) is 4.41. The Morgan fingerprint density at radius 3 is 1.85 bits per heavy atom. The topological polar surface area (TPSA) is 29.1 Å². The van der Waals surface area contributed by atoms with Crippen molar-refractivity contribution in [2.75, 3.05) is 14.1 Å². The Bertz CT molecular complexity index is 490. The molecule has 1 aromatic carbocycles. The van der Waals surface area contributed by atoms with Crippen LogP contribution in [0.25, 0.3) is 0 Å². The summed E-state index contributed by atoms with van der Waals surface area (Å²) in [7, 11) is 4.19. The van der Waals surface area contributed by atoms with Crippen LogP contribution in [0.3, 0.4) is 0 Å². The Morgan fingerprint density at radius 2 is 1.37 bits per heavy atom. The second kappa shape index (κ2) is 14.9. The van der Waals surface area contributed by atoms with E-state index in [2.05, 4.69) is 56.8 Å². The lowest BCUT2D eigenvalue weighted by molar-refractivity contribution is -0.955. The molecule has 0 saturated carbocycles. The number of nitrogens with zero attached hydrogens (tertiary/aromatic N) is 1. The molecule has 0 saturated heterocycles. The van der Waals surface area contributed by atoms with E-state index < -0.39 is 0 Å². The van der Waals surface area contributed by atoms with Crippen LogP contribution in [-0.2, 0) is 4.79 Å². The Morgan fingerprint density at radius 1 is 0.889 bits per heavy atom. The molecule has 3 nitrogen and oxygen atoms in total. The van der Waals surface area contributed by atoms with Gasteiger partial charge in [-0.05, 0) is 6.42 Å². The van der Waals surface area contributed by atoms with Crippen molar-refractivity contribution in [3.63, 3.8) is 0 Å². The number of quaternary nitrogens is 1. The van der Waals surface area contributed by atoms with Crippen LogP contribution in [0.4, 0.5) is 0 Å². The van der Waals surface area contributed by atoms with E-state index in [1.165, 1.54) is 69.8 Å². The van der Waals surface area contributed by atoms with Crippen molar-refractivity contribution in [1.29, 1.82) is 0 Å². The van der Waals surface area contributed by atoms with Gasteiger partial charge in [-0.2, -0.15) is 0 Å². The molecule has 1 amide bonds. The van der Waals surface area contributed by atoms with Gasteiger partial charge in [0.2, 0.25) is 0 Å². The number of nitrogens with one attached hydrogen (secondary N) is 1. The minimum absolute atomic E-state index is 0. The average molecular weight is 397 g/mol. The summed E-state index contributed by atoms with van der Waals surface area (Å²) in [6.07, 6.45) is 14.6. The van der Waals surface area contributed by atoms with Crippen LogP contribution in [0, 0.1) is 0 Å². The Hall–Kier alpha value is -1.06. The molecule has 1 atom stereocenters. The maximum Gasteiger partial charge on any atom is 0.261 e. The van der Waals surface area contributed by atoms with Crippen LogP contribution in [0.5, 0.6) is 0 Å². The zero-order valence-electron chi connectivity index (χ0n) is 18.0. The summed E-state index contributed by atoms with van der Waals surface area (Å²) in [6.45, 7) is 3.87. The van der Waals surface area contributed by atoms with Gasteiger partial charge < -0.3 is 12.4 Å². The van der Waals surface area contributed by atoms with Crippen molar-refractivity contribution < 1.29 is 21.8 Å². The molecular weight excluding hydrogens is 356 g/mol. The molecule has 0 aliphatic carbocycles. The predicted molar refractivity (Wildman–Crippen MR) is 112 cm³/mol. The number of benzene rings is 1. The summed E-state index contributed by atoms with van der Waals surface area (Å²) < 4.78 is 0.511. The molecule has 0 bridgehead atoms. The van der Waals surface area contributed by atoms with Crippen molar-refractivity contribution in [1.82, 2.24) is 5.43 Å². The van der Waals surface area contributed by atoms with E-state index in [1.54, 1.807) is 6.92 Å². The number of amides is 1. The summed E-state index contributed by atoms with van der Waals surface area (Å²) >= 11 is 0. The van der Waals surface area contributed by atoms with Crippen molar-refractivity contribution in [2.45, 2.75) is 90.5 Å². The first-order valence-corrected chi connectivity index (χ1v) is 10.6. The minimum Gasteiger partial charge on any atom is -1.00 e. The molecule has 0 aromatic heterocycles. The lowest BCUT2D eigenvalue weighted by Crippen LogP contribution is -3.00. The first-order valence-electron chi connectivity index (χ1n) is 10.6. The van der Waals surface area contributed by atoms with E-state index in [9.17, 15) is 4.79 Å². The van der Waals surface area contributed by atoms with E-state index in [-0.39, 0.29) is 18.3 Å². The maximum atomic E-state index is 11.6. The van der Waals surface area contributed by atoms with E-state index >= 15 is 0 Å². The quantitative estimate of drug-likeness (QED) is 0.292. The highest BCUT2D eigenvalue weighted by Gasteiger charge is 2.30. The zero-order valence-corrected chi connectivity index (χ0v) is 18.7. The number of hydrogen-bond donors (Lipinski definition) is 1. The molecule has 1 unspecified atom stereocenters. The van der Waals surface area contributed by atoms with E-state index in [4.69, 9.17) is 0 Å². The predicted octanol–water partition coefficient (Wildman–Crippen LogP) is 3.17. The normalized spacial score (nSPS) is 12.3. The molecule has 0 aliphatic heterocycles. The van der Waals surface area contributed by atoms with Crippen LogP contribution in [0.2, 0.25) is 0 Å². The van der Waals surface area contributed by atoms with Gasteiger partial charge >= 0.3 is 0 Å². The number of halogens is 1. The molecular formula is C23H41ClN2O. The van der Waals surface area contributed by atoms with Gasteiger partial charge in [-0.25, -0.2) is 10.0 Å². The van der Waals surface area contributed by atoms with Gasteiger partial charge in [0, 0.05) is 18.9 Å². The monoisotopic (exact) mass is 396 g/mol. The number of rotatable bonds is 14. The fourth-order valence-electron chi connectivity index (χ4n) is 3.85. The smallest absolute Gasteiger partial charge is 0.261 e. The standard InChI is InChI=1S/C23H40N2O.ClH/c1-5-6-7-8-9-10-11-12-13-17-20-23(22-18-15-14-16-19-22)25(3,4)24-21(2)26;/h14-16,18-19,23H,5-13,17,20H2,1-4H3;1H. The van der Waals surface area contributed by atoms with Crippen molar-refractivity contribution >= 4 is 5.91 Å². The molecule has 4 heteroatoms. The fraction of sp³-hybridized carbons (Fsp3) is 0.696. The van der Waals surface area contributed by atoms with E-state index in [0.29, 0.717) is 10.6 Å². The fourth-order valence-corrected chi connectivity index (χ4v) is 3.85.